The van der Waals surface area contributed by atoms with E-state index in [1.807, 2.05) is 12.1 Å². The summed E-state index contributed by atoms with van der Waals surface area (Å²) in [4.78, 5) is 19.6. The van der Waals surface area contributed by atoms with Gasteiger partial charge in [-0.2, -0.15) is 5.26 Å². The van der Waals surface area contributed by atoms with Gasteiger partial charge >= 0.3 is 6.03 Å². The maximum absolute atomic E-state index is 14.2. The minimum Gasteiger partial charge on any atom is -0.333 e. The first-order valence-corrected chi connectivity index (χ1v) is 12.5. The molecule has 2 aromatic heterocycles. The van der Waals surface area contributed by atoms with Crippen molar-refractivity contribution < 1.29 is 9.18 Å². The van der Waals surface area contributed by atoms with Gasteiger partial charge < -0.3 is 5.32 Å². The Morgan fingerprint density at radius 2 is 2.08 bits per heavy atom. The fraction of sp³-hybridized carbons (Fsp3) is 0.179. The van der Waals surface area contributed by atoms with Crippen LogP contribution in [0.5, 0.6) is 0 Å². The van der Waals surface area contributed by atoms with Gasteiger partial charge in [0.15, 0.2) is 0 Å². The van der Waals surface area contributed by atoms with Crippen molar-refractivity contribution in [2.45, 2.75) is 19.5 Å². The maximum Gasteiger partial charge on any atom is 0.326 e. The lowest BCUT2D eigenvalue weighted by molar-refractivity contribution is 0.240. The smallest absolute Gasteiger partial charge is 0.326 e. The zero-order valence-corrected chi connectivity index (χ0v) is 21.2. The van der Waals surface area contributed by atoms with Crippen LogP contribution in [0.4, 0.5) is 9.18 Å². The van der Waals surface area contributed by atoms with Gasteiger partial charge in [0.2, 0.25) is 0 Å². The van der Waals surface area contributed by atoms with E-state index in [1.54, 1.807) is 53.2 Å². The van der Waals surface area contributed by atoms with E-state index in [0.717, 1.165) is 28.8 Å². The normalized spacial score (nSPS) is 13.6. The largest absolute Gasteiger partial charge is 0.333 e. The molecule has 0 unspecified atom stereocenters. The number of pyridine rings is 1. The Kier molecular flexibility index (Phi) is 7.24. The molecule has 0 radical (unpaired) electrons. The Labute approximate surface area is 223 Å². The molecule has 186 valence electrons. The van der Waals surface area contributed by atoms with Crippen molar-refractivity contribution in [2.75, 3.05) is 13.1 Å². The standard InChI is InChI=1S/C28H22Cl2FN5O/c29-23-5-1-3-20(27(23)31)4-2-11-35-12-9-24-22(17-35)21-7-6-18(15-32)13-25(21)36(24)28(37)34-16-19-8-10-33-26(30)14-19/h1-8,10,13-14H,9,11-12,16-17H2,(H,34,37). The number of hydrogen-bond acceptors (Lipinski definition) is 4. The highest BCUT2D eigenvalue weighted by atomic mass is 35.5. The predicted octanol–water partition coefficient (Wildman–Crippen LogP) is 6.18. The number of hydrogen-bond donors (Lipinski definition) is 1. The molecule has 0 fully saturated rings. The number of rotatable bonds is 5. The average molecular weight is 534 g/mol. The highest BCUT2D eigenvalue weighted by molar-refractivity contribution is 6.30. The topological polar surface area (TPSA) is 74.0 Å². The summed E-state index contributed by atoms with van der Waals surface area (Å²) in [5.41, 5.74) is 4.45. The van der Waals surface area contributed by atoms with Gasteiger partial charge in [-0.05, 0) is 41.5 Å². The van der Waals surface area contributed by atoms with Crippen molar-refractivity contribution in [3.8, 4) is 6.07 Å². The van der Waals surface area contributed by atoms with Crippen LogP contribution in [0.1, 0.15) is 27.9 Å². The minimum absolute atomic E-state index is 0.0969. The highest BCUT2D eigenvalue weighted by Gasteiger charge is 2.26. The summed E-state index contributed by atoms with van der Waals surface area (Å²) in [5, 5.41) is 13.8. The summed E-state index contributed by atoms with van der Waals surface area (Å²) >= 11 is 11.9. The number of fused-ring (bicyclic) bond motifs is 3. The van der Waals surface area contributed by atoms with Crippen molar-refractivity contribution in [1.82, 2.24) is 19.8 Å². The summed E-state index contributed by atoms with van der Waals surface area (Å²) in [6.45, 7) is 2.26. The van der Waals surface area contributed by atoms with Gasteiger partial charge in [0, 0.05) is 55.4 Å². The summed E-state index contributed by atoms with van der Waals surface area (Å²) in [6, 6.07) is 15.8. The third kappa shape index (κ3) is 5.23. The molecule has 0 bridgehead atoms. The van der Waals surface area contributed by atoms with Crippen LogP contribution in [0.3, 0.4) is 0 Å². The first-order chi connectivity index (χ1) is 17.9. The van der Waals surface area contributed by atoms with Crippen LogP contribution >= 0.6 is 23.2 Å². The number of amides is 1. The molecule has 1 amide bonds. The van der Waals surface area contributed by atoms with E-state index in [1.165, 1.54) is 6.07 Å². The van der Waals surface area contributed by atoms with Crippen molar-refractivity contribution in [3.63, 3.8) is 0 Å². The Morgan fingerprint density at radius 1 is 1.22 bits per heavy atom. The van der Waals surface area contributed by atoms with Crippen molar-refractivity contribution in [2.24, 2.45) is 0 Å². The number of carbonyl (C=O) groups excluding carboxylic acids is 1. The molecule has 37 heavy (non-hydrogen) atoms. The maximum atomic E-state index is 14.2. The Bertz CT molecular complexity index is 1570. The van der Waals surface area contributed by atoms with Gasteiger partial charge in [-0.1, -0.05) is 53.6 Å². The van der Waals surface area contributed by atoms with Gasteiger partial charge in [-0.25, -0.2) is 14.2 Å². The third-order valence-electron chi connectivity index (χ3n) is 6.44. The highest BCUT2D eigenvalue weighted by Crippen LogP contribution is 2.32. The van der Waals surface area contributed by atoms with Crippen LogP contribution in [-0.4, -0.2) is 33.6 Å². The number of carbonyl (C=O) groups is 1. The number of halogens is 3. The first-order valence-electron chi connectivity index (χ1n) is 11.7. The molecule has 0 spiro atoms. The fourth-order valence-corrected chi connectivity index (χ4v) is 5.04. The molecule has 1 aliphatic rings. The molecule has 6 nitrogen and oxygen atoms in total. The summed E-state index contributed by atoms with van der Waals surface area (Å²) in [7, 11) is 0. The molecular weight excluding hydrogens is 512 g/mol. The third-order valence-corrected chi connectivity index (χ3v) is 6.94. The number of nitrogens with zero attached hydrogens (tertiary/aromatic N) is 4. The summed E-state index contributed by atoms with van der Waals surface area (Å²) < 4.78 is 15.9. The van der Waals surface area contributed by atoms with Gasteiger partial charge in [0.25, 0.3) is 0 Å². The molecule has 1 N–H and O–H groups in total. The van der Waals surface area contributed by atoms with Crippen LogP contribution in [0, 0.1) is 17.1 Å². The zero-order valence-electron chi connectivity index (χ0n) is 19.7. The lowest BCUT2D eigenvalue weighted by Crippen LogP contribution is -2.34. The van der Waals surface area contributed by atoms with E-state index >= 15 is 0 Å². The Morgan fingerprint density at radius 3 is 2.89 bits per heavy atom. The lowest BCUT2D eigenvalue weighted by atomic mass is 10.0. The second-order valence-corrected chi connectivity index (χ2v) is 9.57. The molecule has 0 saturated carbocycles. The second kappa shape index (κ2) is 10.7. The van der Waals surface area contributed by atoms with E-state index < -0.39 is 5.82 Å². The molecule has 0 atom stereocenters. The van der Waals surface area contributed by atoms with Crippen molar-refractivity contribution >= 4 is 46.2 Å². The van der Waals surface area contributed by atoms with Gasteiger partial charge in [0.05, 0.1) is 22.2 Å². The molecule has 1 aliphatic heterocycles. The molecule has 5 rings (SSSR count). The second-order valence-electron chi connectivity index (χ2n) is 8.78. The number of aromatic nitrogens is 2. The van der Waals surface area contributed by atoms with Crippen molar-refractivity contribution in [3.05, 3.63) is 105 Å². The number of nitrogens with one attached hydrogen (secondary N) is 1. The van der Waals surface area contributed by atoms with E-state index in [-0.39, 0.29) is 11.1 Å². The lowest BCUT2D eigenvalue weighted by Gasteiger charge is -2.27. The summed E-state index contributed by atoms with van der Waals surface area (Å²) in [6.07, 6.45) is 5.90. The molecule has 4 aromatic rings. The number of nitriles is 1. The van der Waals surface area contributed by atoms with Crippen LogP contribution in [-0.2, 0) is 19.5 Å². The van der Waals surface area contributed by atoms with Crippen LogP contribution < -0.4 is 5.32 Å². The van der Waals surface area contributed by atoms with Gasteiger partial charge in [-0.15, -0.1) is 0 Å². The van der Waals surface area contributed by atoms with Crippen molar-refractivity contribution in [1.29, 1.82) is 5.26 Å². The van der Waals surface area contributed by atoms with E-state index in [2.05, 4.69) is 21.3 Å². The number of benzene rings is 2. The Balaban J connectivity index is 1.40. The minimum atomic E-state index is -0.433. The quantitative estimate of drug-likeness (QED) is 0.310. The van der Waals surface area contributed by atoms with Crippen LogP contribution in [0.2, 0.25) is 10.2 Å². The SMILES string of the molecule is N#Cc1ccc2c3c(n(C(=O)NCc4ccnc(Cl)c4)c2c1)CCN(CC=Cc1cccc(Cl)c1F)C3. The molecule has 0 aliphatic carbocycles. The zero-order chi connectivity index (χ0) is 25.9. The Hall–Kier alpha value is -3.70. The fourth-order valence-electron chi connectivity index (χ4n) is 4.66. The summed E-state index contributed by atoms with van der Waals surface area (Å²) in [5.74, 6) is -0.433. The van der Waals surface area contributed by atoms with E-state index in [9.17, 15) is 14.4 Å². The molecule has 2 aromatic carbocycles. The molecule has 0 saturated heterocycles. The van der Waals surface area contributed by atoms with Crippen LogP contribution in [0.15, 0.2) is 60.8 Å². The first kappa shape index (κ1) is 25.0. The van der Waals surface area contributed by atoms with Gasteiger partial charge in [0.1, 0.15) is 11.0 Å². The van der Waals surface area contributed by atoms with E-state index in [0.29, 0.717) is 47.9 Å². The molecular formula is C28H22Cl2FN5O. The molecule has 3 heterocycles. The van der Waals surface area contributed by atoms with Crippen LogP contribution in [0.25, 0.3) is 17.0 Å². The molecule has 9 heteroatoms. The average Bonchev–Trinajstić information content (AvgIpc) is 3.22. The van der Waals surface area contributed by atoms with Gasteiger partial charge in [-0.3, -0.25) is 9.47 Å². The van der Waals surface area contributed by atoms with E-state index in [4.69, 9.17) is 23.2 Å². The monoisotopic (exact) mass is 533 g/mol. The predicted molar refractivity (Wildman–Crippen MR) is 143 cm³/mol.